The molecule has 1 heterocycles. The summed E-state index contributed by atoms with van der Waals surface area (Å²) in [5.41, 5.74) is 2.69. The minimum Gasteiger partial charge on any atom is -0.467 e. The summed E-state index contributed by atoms with van der Waals surface area (Å²) >= 11 is 0. The van der Waals surface area contributed by atoms with Crippen LogP contribution in [0, 0.1) is 0 Å². The van der Waals surface area contributed by atoms with Gasteiger partial charge in [-0.1, -0.05) is 91.0 Å². The standard InChI is InChI=1S/C32H35N3O4/c1-31(2,3)39-30(37)33-28(29(36)38-5)21-27-22-35(23-34(27)4)32(24-15-9-6-10-16-24,25-17-11-7-12-18-25)26-19-13-8-14-20-26/h6-20,22-23,28H,21H2,1-5H3/p+1. The van der Waals surface area contributed by atoms with Crippen molar-refractivity contribution in [3.8, 4) is 0 Å². The molecule has 7 nitrogen and oxygen atoms in total. The van der Waals surface area contributed by atoms with Gasteiger partial charge in [0, 0.05) is 23.1 Å². The van der Waals surface area contributed by atoms with Crippen LogP contribution in [0.5, 0.6) is 0 Å². The van der Waals surface area contributed by atoms with Gasteiger partial charge in [-0.15, -0.1) is 0 Å². The predicted molar refractivity (Wildman–Crippen MR) is 149 cm³/mol. The van der Waals surface area contributed by atoms with Crippen LogP contribution < -0.4 is 9.88 Å². The van der Waals surface area contributed by atoms with Gasteiger partial charge in [0.2, 0.25) is 6.33 Å². The van der Waals surface area contributed by atoms with Crippen LogP contribution in [0.4, 0.5) is 4.79 Å². The summed E-state index contributed by atoms with van der Waals surface area (Å²) in [6.45, 7) is 5.32. The van der Waals surface area contributed by atoms with Crippen LogP contribution in [0.1, 0.15) is 43.2 Å². The Morgan fingerprint density at radius 1 is 0.846 bits per heavy atom. The maximum Gasteiger partial charge on any atom is 0.408 e. The minimum absolute atomic E-state index is 0.212. The van der Waals surface area contributed by atoms with Crippen LogP contribution in [0.15, 0.2) is 104 Å². The van der Waals surface area contributed by atoms with E-state index in [-0.39, 0.29) is 6.42 Å². The highest BCUT2D eigenvalue weighted by Gasteiger charge is 2.43. The number of benzene rings is 3. The second kappa shape index (κ2) is 11.6. The first kappa shape index (κ1) is 27.6. The van der Waals surface area contributed by atoms with Gasteiger partial charge in [0.05, 0.1) is 14.2 Å². The Balaban J connectivity index is 1.84. The maximum absolute atomic E-state index is 12.7. The summed E-state index contributed by atoms with van der Waals surface area (Å²) in [4.78, 5) is 25.2. The number of esters is 1. The van der Waals surface area contributed by atoms with Crippen molar-refractivity contribution in [1.29, 1.82) is 0 Å². The molecule has 1 atom stereocenters. The lowest BCUT2D eigenvalue weighted by atomic mass is 9.77. The first-order valence-electron chi connectivity index (χ1n) is 13.0. The highest BCUT2D eigenvalue weighted by molar-refractivity contribution is 5.81. The van der Waals surface area contributed by atoms with E-state index < -0.39 is 29.2 Å². The lowest BCUT2D eigenvalue weighted by Crippen LogP contribution is -2.57. The van der Waals surface area contributed by atoms with Crippen LogP contribution in [-0.2, 0) is 33.3 Å². The van der Waals surface area contributed by atoms with Crippen molar-refractivity contribution in [3.05, 3.63) is 126 Å². The molecular formula is C32H36N3O4+. The highest BCUT2D eigenvalue weighted by atomic mass is 16.6. The number of ether oxygens (including phenoxy) is 2. The fourth-order valence-electron chi connectivity index (χ4n) is 4.91. The van der Waals surface area contributed by atoms with E-state index in [1.54, 1.807) is 20.8 Å². The first-order valence-corrected chi connectivity index (χ1v) is 13.0. The number of alkyl carbamates (subject to hydrolysis) is 1. The topological polar surface area (TPSA) is 73.4 Å². The van der Waals surface area contributed by atoms with Gasteiger partial charge in [0.15, 0.2) is 5.54 Å². The van der Waals surface area contributed by atoms with Crippen molar-refractivity contribution in [3.63, 3.8) is 0 Å². The third kappa shape index (κ3) is 6.03. The Labute approximate surface area is 230 Å². The van der Waals surface area contributed by atoms with E-state index in [9.17, 15) is 9.59 Å². The summed E-state index contributed by atoms with van der Waals surface area (Å²) in [7, 11) is 3.24. The zero-order chi connectivity index (χ0) is 28.0. The number of hydrogen-bond acceptors (Lipinski definition) is 4. The summed E-state index contributed by atoms with van der Waals surface area (Å²) in [5, 5.41) is 2.68. The number of carbonyl (C=O) groups is 2. The normalized spacial score (nSPS) is 12.4. The molecule has 39 heavy (non-hydrogen) atoms. The van der Waals surface area contributed by atoms with E-state index in [1.165, 1.54) is 7.11 Å². The van der Waals surface area contributed by atoms with Gasteiger partial charge in [0.1, 0.15) is 23.5 Å². The largest absolute Gasteiger partial charge is 0.467 e. The second-order valence-corrected chi connectivity index (χ2v) is 10.5. The van der Waals surface area contributed by atoms with E-state index in [1.807, 2.05) is 78.7 Å². The molecule has 0 saturated carbocycles. The average Bonchev–Trinajstić information content (AvgIpc) is 3.29. The van der Waals surface area contributed by atoms with E-state index in [2.05, 4.69) is 46.3 Å². The molecule has 1 amide bonds. The molecule has 0 saturated heterocycles. The van der Waals surface area contributed by atoms with Crippen LogP contribution in [0.2, 0.25) is 0 Å². The lowest BCUT2D eigenvalue weighted by molar-refractivity contribution is -0.734. The molecule has 1 aromatic heterocycles. The van der Waals surface area contributed by atoms with Crippen molar-refractivity contribution in [2.45, 2.75) is 44.4 Å². The molecule has 3 aromatic carbocycles. The van der Waals surface area contributed by atoms with Gasteiger partial charge < -0.3 is 14.8 Å². The number of nitrogens with one attached hydrogen (secondary N) is 1. The SMILES string of the molecule is COC(=O)C(Cc1c[n+](C(c2ccccc2)(c2ccccc2)c2ccccc2)cn1C)NC(=O)OC(C)(C)C. The Morgan fingerprint density at radius 3 is 1.72 bits per heavy atom. The fourth-order valence-corrected chi connectivity index (χ4v) is 4.91. The number of amides is 1. The molecule has 0 spiro atoms. The lowest BCUT2D eigenvalue weighted by Gasteiger charge is -2.32. The molecule has 7 heteroatoms. The predicted octanol–water partition coefficient (Wildman–Crippen LogP) is 4.76. The Hall–Kier alpha value is -4.39. The fraction of sp³-hybridized carbons (Fsp3) is 0.281. The maximum atomic E-state index is 12.7. The second-order valence-electron chi connectivity index (χ2n) is 10.5. The number of rotatable bonds is 8. The van der Waals surface area contributed by atoms with E-state index in [4.69, 9.17) is 9.47 Å². The smallest absolute Gasteiger partial charge is 0.408 e. The number of hydrogen-bond donors (Lipinski definition) is 1. The number of imidazole rings is 1. The quantitative estimate of drug-likeness (QED) is 0.204. The first-order chi connectivity index (χ1) is 18.6. The molecule has 0 radical (unpaired) electrons. The average molecular weight is 527 g/mol. The number of nitrogens with zero attached hydrogens (tertiary/aromatic N) is 2. The number of carbonyl (C=O) groups excluding carboxylic acids is 2. The van der Waals surface area contributed by atoms with Crippen LogP contribution >= 0.6 is 0 Å². The molecule has 4 aromatic rings. The van der Waals surface area contributed by atoms with Crippen molar-refractivity contribution >= 4 is 12.1 Å². The van der Waals surface area contributed by atoms with Gasteiger partial charge >= 0.3 is 12.1 Å². The Morgan fingerprint density at radius 2 is 1.31 bits per heavy atom. The van der Waals surface area contributed by atoms with Crippen molar-refractivity contribution < 1.29 is 23.6 Å². The molecule has 0 fully saturated rings. The molecule has 1 unspecified atom stereocenters. The number of aromatic nitrogens is 2. The molecular weight excluding hydrogens is 490 g/mol. The molecule has 4 rings (SSSR count). The van der Waals surface area contributed by atoms with Gasteiger partial charge in [-0.3, -0.25) is 0 Å². The molecule has 0 aliphatic heterocycles. The Bertz CT molecular complexity index is 1300. The summed E-state index contributed by atoms with van der Waals surface area (Å²) in [5.74, 6) is -0.547. The zero-order valence-corrected chi connectivity index (χ0v) is 23.1. The zero-order valence-electron chi connectivity index (χ0n) is 23.1. The molecule has 0 aliphatic rings. The van der Waals surface area contributed by atoms with Crippen molar-refractivity contribution in [2.75, 3.05) is 7.11 Å². The van der Waals surface area contributed by atoms with Gasteiger partial charge in [0.25, 0.3) is 0 Å². The van der Waals surface area contributed by atoms with Gasteiger partial charge in [-0.05, 0) is 20.8 Å². The summed E-state index contributed by atoms with van der Waals surface area (Å²) in [6, 6.07) is 30.1. The molecule has 0 bridgehead atoms. The summed E-state index contributed by atoms with van der Waals surface area (Å²) < 4.78 is 14.5. The molecule has 1 N–H and O–H groups in total. The van der Waals surface area contributed by atoms with E-state index >= 15 is 0 Å². The third-order valence-electron chi connectivity index (χ3n) is 6.59. The number of aryl methyl sites for hydroxylation is 1. The van der Waals surface area contributed by atoms with E-state index in [0.717, 1.165) is 22.4 Å². The Kier molecular flexibility index (Phi) is 8.19. The van der Waals surface area contributed by atoms with Gasteiger partial charge in [-0.25, -0.2) is 18.7 Å². The van der Waals surface area contributed by atoms with Crippen LogP contribution in [-0.4, -0.2) is 35.4 Å². The summed E-state index contributed by atoms with van der Waals surface area (Å²) in [6.07, 6.45) is 3.58. The molecule has 202 valence electrons. The monoisotopic (exact) mass is 526 g/mol. The van der Waals surface area contributed by atoms with Crippen LogP contribution in [0.3, 0.4) is 0 Å². The minimum atomic E-state index is -0.925. The van der Waals surface area contributed by atoms with Crippen LogP contribution in [0.25, 0.3) is 0 Å². The number of methoxy groups -OCH3 is 1. The molecule has 0 aliphatic carbocycles. The van der Waals surface area contributed by atoms with Crippen molar-refractivity contribution in [1.82, 2.24) is 9.88 Å². The van der Waals surface area contributed by atoms with Gasteiger partial charge in [-0.2, -0.15) is 0 Å². The highest BCUT2D eigenvalue weighted by Crippen LogP contribution is 2.36. The third-order valence-corrected chi connectivity index (χ3v) is 6.59. The van der Waals surface area contributed by atoms with E-state index in [0.29, 0.717) is 0 Å². The van der Waals surface area contributed by atoms with Crippen molar-refractivity contribution in [2.24, 2.45) is 7.05 Å².